The molecule has 4 nitrogen and oxygen atoms in total. The van der Waals surface area contributed by atoms with Crippen molar-refractivity contribution in [3.05, 3.63) is 87.9 Å². The summed E-state index contributed by atoms with van der Waals surface area (Å²) in [5.41, 5.74) is 8.30. The van der Waals surface area contributed by atoms with Crippen molar-refractivity contribution in [2.75, 3.05) is 0 Å². The van der Waals surface area contributed by atoms with Gasteiger partial charge in [0.25, 0.3) is 0 Å². The average molecular weight is 427 g/mol. The lowest BCUT2D eigenvalue weighted by molar-refractivity contribution is 0.118. The van der Waals surface area contributed by atoms with E-state index in [0.29, 0.717) is 22.1 Å². The van der Waals surface area contributed by atoms with Crippen LogP contribution in [-0.4, -0.2) is 21.5 Å². The minimum absolute atomic E-state index is 0.0322. The molecule has 1 aromatic heterocycles. The number of aliphatic hydroxyl groups excluding tert-OH is 1. The molecular weight excluding hydrogens is 404 g/mol. The van der Waals surface area contributed by atoms with Gasteiger partial charge in [-0.15, -0.1) is 11.3 Å². The van der Waals surface area contributed by atoms with Crippen molar-refractivity contribution in [2.45, 2.75) is 26.1 Å². The minimum Gasteiger partial charge on any atom is -0.400 e. The van der Waals surface area contributed by atoms with Crippen molar-refractivity contribution >= 4 is 34.3 Å². The molecule has 3 rings (SSSR count). The quantitative estimate of drug-likeness (QED) is 0.468. The molecule has 6 heteroatoms. The topological polar surface area (TPSA) is 78.8 Å². The molecule has 0 aliphatic heterocycles. The van der Waals surface area contributed by atoms with Gasteiger partial charge in [0.05, 0.1) is 33.5 Å². The summed E-state index contributed by atoms with van der Waals surface area (Å²) < 4.78 is 0. The van der Waals surface area contributed by atoms with Crippen LogP contribution < -0.4 is 5.73 Å². The number of halogens is 1. The zero-order chi connectivity index (χ0) is 21.0. The number of allylic oxidation sites excluding steroid dienone is 1. The highest BCUT2D eigenvalue weighted by Gasteiger charge is 2.18. The van der Waals surface area contributed by atoms with Crippen molar-refractivity contribution in [1.82, 2.24) is 0 Å². The number of hydrogen-bond acceptors (Lipinski definition) is 5. The Morgan fingerprint density at radius 3 is 2.48 bits per heavy atom. The highest BCUT2D eigenvalue weighted by Crippen LogP contribution is 2.33. The molecule has 3 aromatic rings. The first-order chi connectivity index (χ1) is 13.8. The number of hydrogen-bond donors (Lipinski definition) is 3. The predicted molar refractivity (Wildman–Crippen MR) is 122 cm³/mol. The number of benzene rings is 2. The third kappa shape index (κ3) is 5.14. The molecule has 0 amide bonds. The highest BCUT2D eigenvalue weighted by molar-refractivity contribution is 7.17. The predicted octanol–water partition coefficient (Wildman–Crippen LogP) is 5.30. The summed E-state index contributed by atoms with van der Waals surface area (Å²) in [4.78, 5) is 6.59. The number of nitrogens with zero attached hydrogens (tertiary/aromatic N) is 1. The van der Waals surface area contributed by atoms with E-state index in [4.69, 9.17) is 22.3 Å². The van der Waals surface area contributed by atoms with Gasteiger partial charge in [0.1, 0.15) is 0 Å². The van der Waals surface area contributed by atoms with E-state index >= 15 is 0 Å². The second-order valence-electron chi connectivity index (χ2n) is 7.09. The van der Waals surface area contributed by atoms with E-state index < -0.39 is 5.60 Å². The summed E-state index contributed by atoms with van der Waals surface area (Å²) in [5.74, 6) is 0. The Labute approximate surface area is 179 Å². The molecule has 0 spiro atoms. The lowest BCUT2D eigenvalue weighted by Crippen LogP contribution is -2.28. The van der Waals surface area contributed by atoms with Gasteiger partial charge in [0.15, 0.2) is 0 Å². The molecule has 0 saturated heterocycles. The van der Waals surface area contributed by atoms with Crippen LogP contribution in [0.15, 0.2) is 77.4 Å². The summed E-state index contributed by atoms with van der Waals surface area (Å²) >= 11 is 7.82. The van der Waals surface area contributed by atoms with Gasteiger partial charge < -0.3 is 15.9 Å². The number of para-hydroxylation sites is 1. The van der Waals surface area contributed by atoms with Crippen LogP contribution in [0.3, 0.4) is 0 Å². The maximum Gasteiger partial charge on any atom is 0.0982 e. The van der Waals surface area contributed by atoms with Gasteiger partial charge >= 0.3 is 0 Å². The van der Waals surface area contributed by atoms with Crippen LogP contribution in [0.1, 0.15) is 24.3 Å². The summed E-state index contributed by atoms with van der Waals surface area (Å²) in [5, 5.41) is 20.4. The van der Waals surface area contributed by atoms with E-state index in [1.165, 1.54) is 11.3 Å². The summed E-state index contributed by atoms with van der Waals surface area (Å²) in [7, 11) is 0. The van der Waals surface area contributed by atoms with Crippen LogP contribution in [0.25, 0.3) is 10.4 Å². The fraction of sp³-hybridized carbons (Fsp3) is 0.174. The zero-order valence-corrected chi connectivity index (χ0v) is 17.8. The van der Waals surface area contributed by atoms with E-state index in [-0.39, 0.29) is 6.61 Å². The molecule has 4 N–H and O–H groups in total. The van der Waals surface area contributed by atoms with Crippen molar-refractivity contribution in [1.29, 1.82) is 0 Å². The van der Waals surface area contributed by atoms with Gasteiger partial charge in [0.2, 0.25) is 0 Å². The Bertz CT molecular complexity index is 1060. The van der Waals surface area contributed by atoms with Gasteiger partial charge in [-0.3, -0.25) is 0 Å². The average Bonchev–Trinajstić information content (AvgIpc) is 3.18. The Morgan fingerprint density at radius 1 is 1.10 bits per heavy atom. The number of nitrogens with two attached hydrogens (primary N) is 1. The minimum atomic E-state index is -1.18. The first kappa shape index (κ1) is 21.3. The summed E-state index contributed by atoms with van der Waals surface area (Å²) in [6.07, 6.45) is 1.68. The van der Waals surface area contributed by atoms with Crippen LogP contribution in [0.4, 0.5) is 5.69 Å². The Kier molecular flexibility index (Phi) is 6.55. The van der Waals surface area contributed by atoms with Crippen LogP contribution in [0, 0.1) is 0 Å². The molecule has 29 heavy (non-hydrogen) atoms. The van der Waals surface area contributed by atoms with Gasteiger partial charge in [-0.1, -0.05) is 48.0 Å². The van der Waals surface area contributed by atoms with Crippen LogP contribution in [0.5, 0.6) is 0 Å². The molecule has 0 radical (unpaired) electrons. The van der Waals surface area contributed by atoms with E-state index in [9.17, 15) is 10.2 Å². The number of thiophene rings is 1. The summed E-state index contributed by atoms with van der Waals surface area (Å²) in [6, 6.07) is 19.0. The van der Waals surface area contributed by atoms with Crippen LogP contribution in [0.2, 0.25) is 5.02 Å². The third-order valence-corrected chi connectivity index (χ3v) is 5.86. The molecule has 0 bridgehead atoms. The molecule has 150 valence electrons. The van der Waals surface area contributed by atoms with E-state index in [1.807, 2.05) is 54.6 Å². The first-order valence-electron chi connectivity index (χ1n) is 9.12. The second-order valence-corrected chi connectivity index (χ2v) is 8.58. The van der Waals surface area contributed by atoms with E-state index in [1.54, 1.807) is 26.0 Å². The van der Waals surface area contributed by atoms with Gasteiger partial charge in [-0.2, -0.15) is 0 Å². The highest BCUT2D eigenvalue weighted by atomic mass is 35.5. The van der Waals surface area contributed by atoms with Crippen molar-refractivity contribution in [3.63, 3.8) is 0 Å². The fourth-order valence-corrected chi connectivity index (χ4v) is 3.88. The maximum atomic E-state index is 10.3. The van der Waals surface area contributed by atoms with Crippen molar-refractivity contribution in [3.8, 4) is 10.4 Å². The van der Waals surface area contributed by atoms with Gasteiger partial charge in [-0.05, 0) is 55.3 Å². The van der Waals surface area contributed by atoms with Gasteiger partial charge in [-0.25, -0.2) is 4.99 Å². The van der Waals surface area contributed by atoms with Gasteiger partial charge in [0, 0.05) is 10.6 Å². The largest absolute Gasteiger partial charge is 0.400 e. The zero-order valence-electron chi connectivity index (χ0n) is 16.3. The molecule has 0 aliphatic carbocycles. The van der Waals surface area contributed by atoms with Crippen LogP contribution in [-0.2, 0) is 6.61 Å². The monoisotopic (exact) mass is 426 g/mol. The molecule has 1 heterocycles. The molecule has 0 unspecified atom stereocenters. The van der Waals surface area contributed by atoms with Crippen LogP contribution >= 0.6 is 22.9 Å². The lowest BCUT2D eigenvalue weighted by atomic mass is 10.0. The third-order valence-electron chi connectivity index (χ3n) is 4.40. The smallest absolute Gasteiger partial charge is 0.0982 e. The fourth-order valence-electron chi connectivity index (χ4n) is 2.67. The SMILES string of the molecule is CC(C)(O)C(N)=CC(=Nc1ccccc1Cl)c1ccc(-c2ccccc2CO)s1. The van der Waals surface area contributed by atoms with E-state index in [0.717, 1.165) is 20.9 Å². The molecular formula is C23H23ClN2O2S. The molecule has 0 aliphatic rings. The van der Waals surface area contributed by atoms with Crippen molar-refractivity contribution < 1.29 is 10.2 Å². The standard InChI is InChI=1S/C23H23ClN2O2S/c1-23(2,28)22(25)13-19(26-18-10-6-5-9-17(18)24)21-12-11-20(29-21)16-8-4-3-7-15(16)14-27/h3-13,27-28H,14,25H2,1-2H3. The molecule has 2 aromatic carbocycles. The molecule has 0 fully saturated rings. The Morgan fingerprint density at radius 2 is 1.79 bits per heavy atom. The second kappa shape index (κ2) is 8.93. The normalized spacial score (nSPS) is 13.0. The number of rotatable bonds is 6. The molecule has 0 atom stereocenters. The lowest BCUT2D eigenvalue weighted by Gasteiger charge is -2.18. The van der Waals surface area contributed by atoms with Crippen molar-refractivity contribution in [2.24, 2.45) is 10.7 Å². The maximum absolute atomic E-state index is 10.3. The number of aliphatic hydroxyl groups is 2. The summed E-state index contributed by atoms with van der Waals surface area (Å²) in [6.45, 7) is 3.22. The molecule has 0 saturated carbocycles. The first-order valence-corrected chi connectivity index (χ1v) is 10.3. The Balaban J connectivity index is 2.11. The van der Waals surface area contributed by atoms with E-state index in [2.05, 4.69) is 0 Å². The Hall–Kier alpha value is -2.44. The number of aliphatic imine (C=N–C) groups is 1.